The molecule has 0 atom stereocenters. The van der Waals surface area contributed by atoms with Crippen molar-refractivity contribution in [1.29, 1.82) is 5.41 Å². The number of ether oxygens (including phenoxy) is 3. The summed E-state index contributed by atoms with van der Waals surface area (Å²) in [6, 6.07) is 25.8. The lowest BCUT2D eigenvalue weighted by Crippen LogP contribution is -2.50. The van der Waals surface area contributed by atoms with E-state index in [9.17, 15) is 22.8 Å². The molecule has 1 amide bonds. The van der Waals surface area contributed by atoms with Crippen LogP contribution in [0.2, 0.25) is 0 Å². The number of halogens is 3. The monoisotopic (exact) mass is 834 g/mol. The molecule has 1 saturated heterocycles. The van der Waals surface area contributed by atoms with Crippen LogP contribution in [0.5, 0.6) is 11.5 Å². The van der Waals surface area contributed by atoms with Crippen molar-refractivity contribution in [3.05, 3.63) is 124 Å². The summed E-state index contributed by atoms with van der Waals surface area (Å²) in [5, 5.41) is 13.5. The zero-order valence-corrected chi connectivity index (χ0v) is 35.1. The third-order valence-electron chi connectivity index (χ3n) is 10.6. The highest BCUT2D eigenvalue weighted by Crippen LogP contribution is 2.42. The molecule has 2 N–H and O–H groups in total. The Labute approximate surface area is 352 Å². The standard InChI is InChI=1S/C47H49F3N6O5/c1-7-56-37-26-33(54-21-23-55(24-22-54)45(58)61-46(3,4)5)16-19-35(37)40-39(29(2)51)43(52-27-30-13-17-34(59-6)18-14-30)53-42(41(40)44(56)57)32-15-20-38(36(25-32)47(48,49)50)60-28-31-11-9-8-10-12-31/h8-20,25-26,51H,7,21-24,27-28H2,1-6H3,(H,52,53). The Balaban J connectivity index is 1.39. The Morgan fingerprint density at radius 3 is 2.21 bits per heavy atom. The number of aryl methyl sites for hydroxylation is 1. The first-order chi connectivity index (χ1) is 29.1. The van der Waals surface area contributed by atoms with Crippen molar-refractivity contribution in [2.24, 2.45) is 0 Å². The molecular weight excluding hydrogens is 786 g/mol. The Hall–Kier alpha value is -6.57. The van der Waals surface area contributed by atoms with Gasteiger partial charge in [-0.25, -0.2) is 9.78 Å². The molecule has 3 heterocycles. The van der Waals surface area contributed by atoms with Gasteiger partial charge < -0.3 is 39.3 Å². The van der Waals surface area contributed by atoms with E-state index in [0.29, 0.717) is 59.3 Å². The van der Waals surface area contributed by atoms with Gasteiger partial charge in [0.1, 0.15) is 29.5 Å². The summed E-state index contributed by atoms with van der Waals surface area (Å²) in [6.45, 7) is 11.3. The van der Waals surface area contributed by atoms with Crippen LogP contribution < -0.4 is 25.2 Å². The zero-order valence-electron chi connectivity index (χ0n) is 35.1. The third-order valence-corrected chi connectivity index (χ3v) is 10.6. The number of alkyl halides is 3. The van der Waals surface area contributed by atoms with Gasteiger partial charge in [-0.2, -0.15) is 13.2 Å². The van der Waals surface area contributed by atoms with Crippen molar-refractivity contribution in [1.82, 2.24) is 14.5 Å². The maximum Gasteiger partial charge on any atom is 0.419 e. The van der Waals surface area contributed by atoms with Crippen LogP contribution in [-0.2, 0) is 30.6 Å². The fourth-order valence-electron chi connectivity index (χ4n) is 7.64. The van der Waals surface area contributed by atoms with E-state index >= 15 is 0 Å². The lowest BCUT2D eigenvalue weighted by atomic mass is 9.94. The van der Waals surface area contributed by atoms with Gasteiger partial charge in [0.15, 0.2) is 0 Å². The van der Waals surface area contributed by atoms with Crippen molar-refractivity contribution in [3.8, 4) is 22.8 Å². The second-order valence-corrected chi connectivity index (χ2v) is 15.9. The molecule has 61 heavy (non-hydrogen) atoms. The van der Waals surface area contributed by atoms with Gasteiger partial charge in [-0.15, -0.1) is 0 Å². The average molecular weight is 835 g/mol. The molecule has 14 heteroatoms. The van der Waals surface area contributed by atoms with E-state index < -0.39 is 22.9 Å². The first kappa shape index (κ1) is 42.6. The number of carbonyl (C=O) groups excluding carboxylic acids is 1. The molecule has 0 aliphatic carbocycles. The number of nitrogens with one attached hydrogen (secondary N) is 2. The average Bonchev–Trinajstić information content (AvgIpc) is 3.24. The fourth-order valence-corrected chi connectivity index (χ4v) is 7.64. The molecule has 1 aliphatic heterocycles. The summed E-state index contributed by atoms with van der Waals surface area (Å²) in [4.78, 5) is 36.4. The van der Waals surface area contributed by atoms with Crippen LogP contribution in [0.1, 0.15) is 56.9 Å². The van der Waals surface area contributed by atoms with Crippen LogP contribution in [0.25, 0.3) is 32.9 Å². The van der Waals surface area contributed by atoms with Crippen molar-refractivity contribution in [2.45, 2.75) is 66.1 Å². The van der Waals surface area contributed by atoms with Crippen LogP contribution in [0.15, 0.2) is 95.8 Å². The fraction of sp³-hybridized carbons (Fsp3) is 0.319. The van der Waals surface area contributed by atoms with E-state index in [2.05, 4.69) is 10.2 Å². The predicted molar refractivity (Wildman–Crippen MR) is 233 cm³/mol. The zero-order chi connectivity index (χ0) is 43.6. The highest BCUT2D eigenvalue weighted by Gasteiger charge is 2.36. The summed E-state index contributed by atoms with van der Waals surface area (Å²) in [5.74, 6) is 0.552. The largest absolute Gasteiger partial charge is 0.497 e. The molecule has 0 spiro atoms. The van der Waals surface area contributed by atoms with Crippen LogP contribution >= 0.6 is 0 Å². The molecular formula is C47H49F3N6O5. The minimum atomic E-state index is -4.80. The number of piperazine rings is 1. The lowest BCUT2D eigenvalue weighted by Gasteiger charge is -2.37. The van der Waals surface area contributed by atoms with E-state index in [0.717, 1.165) is 17.3 Å². The first-order valence-corrected chi connectivity index (χ1v) is 20.1. The van der Waals surface area contributed by atoms with Gasteiger partial charge in [0.05, 0.1) is 29.3 Å². The van der Waals surface area contributed by atoms with E-state index in [1.165, 1.54) is 12.1 Å². The molecule has 0 saturated carbocycles. The maximum atomic E-state index is 14.9. The first-order valence-electron chi connectivity index (χ1n) is 20.1. The minimum absolute atomic E-state index is 0.0359. The summed E-state index contributed by atoms with van der Waals surface area (Å²) < 4.78 is 62.9. The summed E-state index contributed by atoms with van der Waals surface area (Å²) in [6.07, 6.45) is -5.17. The second-order valence-electron chi connectivity index (χ2n) is 15.9. The van der Waals surface area contributed by atoms with Crippen molar-refractivity contribution in [3.63, 3.8) is 0 Å². The van der Waals surface area contributed by atoms with Gasteiger partial charge in [-0.1, -0.05) is 48.5 Å². The molecule has 7 rings (SSSR count). The second kappa shape index (κ2) is 17.2. The molecule has 1 aliphatic rings. The number of nitrogens with zero attached hydrogens (tertiary/aromatic N) is 4. The quantitative estimate of drug-likeness (QED) is 0.0978. The Bertz CT molecular complexity index is 2650. The molecule has 0 unspecified atom stereocenters. The number of hydrogen-bond acceptors (Lipinski definition) is 9. The Kier molecular flexibility index (Phi) is 12.0. The van der Waals surface area contributed by atoms with Crippen molar-refractivity contribution < 1.29 is 32.2 Å². The van der Waals surface area contributed by atoms with E-state index in [4.69, 9.17) is 24.6 Å². The van der Waals surface area contributed by atoms with Crippen LogP contribution in [-0.4, -0.2) is 65.1 Å². The highest BCUT2D eigenvalue weighted by atomic mass is 19.4. The molecule has 11 nitrogen and oxygen atoms in total. The van der Waals surface area contributed by atoms with Gasteiger partial charge in [0, 0.05) is 72.6 Å². The lowest BCUT2D eigenvalue weighted by molar-refractivity contribution is -0.139. The van der Waals surface area contributed by atoms with Crippen LogP contribution in [0, 0.1) is 5.41 Å². The Morgan fingerprint density at radius 1 is 0.885 bits per heavy atom. The number of methoxy groups -OCH3 is 1. The highest BCUT2D eigenvalue weighted by molar-refractivity contribution is 6.22. The molecule has 0 bridgehead atoms. The summed E-state index contributed by atoms with van der Waals surface area (Å²) in [7, 11) is 1.57. The topological polar surface area (TPSA) is 122 Å². The Morgan fingerprint density at radius 2 is 1.59 bits per heavy atom. The van der Waals surface area contributed by atoms with E-state index in [1.54, 1.807) is 47.8 Å². The third kappa shape index (κ3) is 9.13. The van der Waals surface area contributed by atoms with E-state index in [1.807, 2.05) is 76.2 Å². The van der Waals surface area contributed by atoms with Crippen LogP contribution in [0.3, 0.4) is 0 Å². The van der Waals surface area contributed by atoms with Crippen molar-refractivity contribution in [2.75, 3.05) is 43.5 Å². The molecule has 2 aromatic heterocycles. The van der Waals surface area contributed by atoms with Gasteiger partial charge in [0.25, 0.3) is 5.56 Å². The van der Waals surface area contributed by atoms with E-state index in [-0.39, 0.29) is 59.7 Å². The number of hydrogen-bond donors (Lipinski definition) is 2. The summed E-state index contributed by atoms with van der Waals surface area (Å²) in [5.41, 5.74) is 1.47. The number of fused-ring (bicyclic) bond motifs is 3. The number of amides is 1. The number of carbonyl (C=O) groups is 1. The number of rotatable bonds is 11. The van der Waals surface area contributed by atoms with Gasteiger partial charge in [-0.05, 0) is 88.2 Å². The summed E-state index contributed by atoms with van der Waals surface area (Å²) >= 11 is 0. The number of aromatic nitrogens is 2. The molecule has 318 valence electrons. The van der Waals surface area contributed by atoms with Gasteiger partial charge >= 0.3 is 12.3 Å². The van der Waals surface area contributed by atoms with Crippen molar-refractivity contribution >= 4 is 45.0 Å². The smallest absolute Gasteiger partial charge is 0.419 e. The number of pyridine rings is 2. The number of anilines is 2. The molecule has 4 aromatic carbocycles. The molecule has 1 fully saturated rings. The van der Waals surface area contributed by atoms with Gasteiger partial charge in [-0.3, -0.25) is 4.79 Å². The maximum absolute atomic E-state index is 14.9. The minimum Gasteiger partial charge on any atom is -0.497 e. The molecule has 6 aromatic rings. The SMILES string of the molecule is CCn1c(=O)c2c(-c3ccc(OCc4ccccc4)c(C(F)(F)F)c3)nc(NCc3ccc(OC)cc3)c(C(C)=N)c2c2ccc(N3CCN(C(=O)OC(C)(C)C)CC3)cc21. The number of benzene rings is 4. The van der Waals surface area contributed by atoms with Crippen LogP contribution in [0.4, 0.5) is 29.5 Å². The predicted octanol–water partition coefficient (Wildman–Crippen LogP) is 9.90. The normalized spacial score (nSPS) is 13.4. The van der Waals surface area contributed by atoms with Gasteiger partial charge in [0.2, 0.25) is 0 Å². The molecule has 0 radical (unpaired) electrons.